The fourth-order valence-corrected chi connectivity index (χ4v) is 8.50. The number of carbonyl (C=O) groups is 3. The second-order valence-electron chi connectivity index (χ2n) is 19.2. The topological polar surface area (TPSA) is 78.9 Å². The van der Waals surface area contributed by atoms with Gasteiger partial charge in [-0.15, -0.1) is 0 Å². The van der Waals surface area contributed by atoms with E-state index in [9.17, 15) is 14.4 Å². The van der Waals surface area contributed by atoms with Gasteiger partial charge in [-0.25, -0.2) is 0 Å². The molecular weight excluding hydrogens is 781 g/mol. The lowest BCUT2D eigenvalue weighted by Crippen LogP contribution is -2.30. The Morgan fingerprint density at radius 1 is 0.302 bits per heavy atom. The van der Waals surface area contributed by atoms with Gasteiger partial charge in [0, 0.05) is 19.3 Å². The molecule has 1 unspecified atom stereocenters. The van der Waals surface area contributed by atoms with E-state index in [1.54, 1.807) is 0 Å². The molecule has 0 aliphatic heterocycles. The minimum Gasteiger partial charge on any atom is -0.462 e. The van der Waals surface area contributed by atoms with Crippen molar-refractivity contribution in [2.75, 3.05) is 13.2 Å². The van der Waals surface area contributed by atoms with Crippen molar-refractivity contribution < 1.29 is 28.6 Å². The number of allylic oxidation sites excluding steroid dienone is 2. The molecule has 6 heteroatoms. The maximum absolute atomic E-state index is 12.8. The molecule has 0 rings (SSSR count). The van der Waals surface area contributed by atoms with Gasteiger partial charge in [0.05, 0.1) is 0 Å². The predicted octanol–water partition coefficient (Wildman–Crippen LogP) is 18.5. The van der Waals surface area contributed by atoms with Gasteiger partial charge in [-0.2, -0.15) is 0 Å². The lowest BCUT2D eigenvalue weighted by molar-refractivity contribution is -0.167. The zero-order valence-corrected chi connectivity index (χ0v) is 42.6. The van der Waals surface area contributed by atoms with Gasteiger partial charge in [-0.3, -0.25) is 14.4 Å². The highest BCUT2D eigenvalue weighted by atomic mass is 16.6. The minimum absolute atomic E-state index is 0.0658. The average molecular weight is 889 g/mol. The van der Waals surface area contributed by atoms with Crippen LogP contribution in [0.1, 0.15) is 316 Å². The van der Waals surface area contributed by atoms with Crippen molar-refractivity contribution in [1.82, 2.24) is 0 Å². The first kappa shape index (κ1) is 61.1. The Balaban J connectivity index is 4.27. The van der Waals surface area contributed by atoms with E-state index in [1.165, 1.54) is 218 Å². The van der Waals surface area contributed by atoms with Crippen LogP contribution in [0.5, 0.6) is 0 Å². The Bertz CT molecular complexity index is 978. The van der Waals surface area contributed by atoms with Crippen molar-refractivity contribution in [2.45, 2.75) is 322 Å². The third-order valence-electron chi connectivity index (χ3n) is 12.8. The molecule has 0 N–H and O–H groups in total. The highest BCUT2D eigenvalue weighted by Crippen LogP contribution is 2.17. The summed E-state index contributed by atoms with van der Waals surface area (Å²) in [7, 11) is 0. The zero-order chi connectivity index (χ0) is 45.8. The molecule has 372 valence electrons. The van der Waals surface area contributed by atoms with E-state index in [0.29, 0.717) is 19.3 Å². The van der Waals surface area contributed by atoms with Crippen LogP contribution in [0.3, 0.4) is 0 Å². The number of hydrogen-bond donors (Lipinski definition) is 0. The smallest absolute Gasteiger partial charge is 0.306 e. The SMILES string of the molecule is CCCCCCCCC/C=C\CCCCCCCCCC(=O)OCC(COC(=O)CCCCCCCCCCCC)OC(=O)CCCCCCCCCCCCCCCCCCC. The van der Waals surface area contributed by atoms with Crippen molar-refractivity contribution in [1.29, 1.82) is 0 Å². The second kappa shape index (κ2) is 52.8. The summed E-state index contributed by atoms with van der Waals surface area (Å²) in [5, 5.41) is 0. The van der Waals surface area contributed by atoms with E-state index < -0.39 is 6.10 Å². The van der Waals surface area contributed by atoms with E-state index >= 15 is 0 Å². The largest absolute Gasteiger partial charge is 0.462 e. The normalized spacial score (nSPS) is 12.0. The summed E-state index contributed by atoms with van der Waals surface area (Å²) in [6.07, 6.45) is 59.2. The zero-order valence-electron chi connectivity index (χ0n) is 42.6. The molecule has 0 saturated heterocycles. The number of rotatable bonds is 52. The Morgan fingerprint density at radius 2 is 0.524 bits per heavy atom. The second-order valence-corrected chi connectivity index (χ2v) is 19.2. The lowest BCUT2D eigenvalue weighted by Gasteiger charge is -2.18. The van der Waals surface area contributed by atoms with Crippen LogP contribution in [0.2, 0.25) is 0 Å². The van der Waals surface area contributed by atoms with Crippen molar-refractivity contribution in [2.24, 2.45) is 0 Å². The monoisotopic (exact) mass is 889 g/mol. The molecule has 0 saturated carbocycles. The van der Waals surface area contributed by atoms with Crippen molar-refractivity contribution in [3.8, 4) is 0 Å². The van der Waals surface area contributed by atoms with Crippen LogP contribution in [-0.4, -0.2) is 37.2 Å². The molecule has 0 amide bonds. The molecule has 63 heavy (non-hydrogen) atoms. The summed E-state index contributed by atoms with van der Waals surface area (Å²) in [6.45, 7) is 6.67. The molecule has 0 fully saturated rings. The molecule has 0 aromatic heterocycles. The van der Waals surface area contributed by atoms with E-state index in [2.05, 4.69) is 32.9 Å². The molecule has 6 nitrogen and oxygen atoms in total. The maximum atomic E-state index is 12.8. The van der Waals surface area contributed by atoms with Gasteiger partial charge >= 0.3 is 17.9 Å². The predicted molar refractivity (Wildman–Crippen MR) is 270 cm³/mol. The summed E-state index contributed by atoms with van der Waals surface area (Å²) in [4.78, 5) is 38.0. The molecule has 0 bridgehead atoms. The fraction of sp³-hybridized carbons (Fsp3) is 0.912. The first-order valence-electron chi connectivity index (χ1n) is 28.2. The van der Waals surface area contributed by atoms with Crippen LogP contribution in [0, 0.1) is 0 Å². The van der Waals surface area contributed by atoms with Crippen LogP contribution < -0.4 is 0 Å². The third kappa shape index (κ3) is 51.0. The Morgan fingerprint density at radius 3 is 0.794 bits per heavy atom. The first-order chi connectivity index (χ1) is 31.0. The van der Waals surface area contributed by atoms with Gasteiger partial charge in [-0.05, 0) is 44.9 Å². The van der Waals surface area contributed by atoms with Crippen LogP contribution in [-0.2, 0) is 28.6 Å². The van der Waals surface area contributed by atoms with Gasteiger partial charge in [0.2, 0.25) is 0 Å². The summed E-state index contributed by atoms with van der Waals surface area (Å²) in [5.74, 6) is -0.850. The molecule has 0 radical (unpaired) electrons. The van der Waals surface area contributed by atoms with Crippen molar-refractivity contribution in [3.05, 3.63) is 12.2 Å². The molecule has 0 heterocycles. The van der Waals surface area contributed by atoms with Gasteiger partial charge in [-0.1, -0.05) is 264 Å². The molecule has 1 atom stereocenters. The molecule has 0 spiro atoms. The standard InChI is InChI=1S/C57H108O6/c1-4-7-10-13-16-19-22-24-26-28-30-31-33-35-38-41-44-47-50-56(59)62-53-54(52-61-55(58)49-46-43-40-37-21-18-15-12-9-6-3)63-57(60)51-48-45-42-39-36-34-32-29-27-25-23-20-17-14-11-8-5-2/h26,28,54H,4-25,27,29-53H2,1-3H3/b28-26-. The third-order valence-corrected chi connectivity index (χ3v) is 12.8. The van der Waals surface area contributed by atoms with Gasteiger partial charge in [0.1, 0.15) is 13.2 Å². The molecular formula is C57H108O6. The number of hydrogen-bond acceptors (Lipinski definition) is 6. The maximum Gasteiger partial charge on any atom is 0.306 e. The van der Waals surface area contributed by atoms with E-state index in [-0.39, 0.29) is 31.1 Å². The van der Waals surface area contributed by atoms with Gasteiger partial charge in [0.15, 0.2) is 6.10 Å². The highest BCUT2D eigenvalue weighted by molar-refractivity contribution is 5.71. The number of carbonyl (C=O) groups excluding carboxylic acids is 3. The van der Waals surface area contributed by atoms with E-state index in [0.717, 1.165) is 57.8 Å². The molecule has 0 aromatic carbocycles. The molecule has 0 aliphatic carbocycles. The number of unbranched alkanes of at least 4 members (excludes halogenated alkanes) is 39. The van der Waals surface area contributed by atoms with E-state index in [1.807, 2.05) is 0 Å². The Kier molecular flexibility index (Phi) is 51.2. The van der Waals surface area contributed by atoms with Crippen LogP contribution in [0.15, 0.2) is 12.2 Å². The highest BCUT2D eigenvalue weighted by Gasteiger charge is 2.19. The summed E-state index contributed by atoms with van der Waals surface area (Å²) in [5.41, 5.74) is 0. The molecule has 0 aliphatic rings. The van der Waals surface area contributed by atoms with Crippen LogP contribution in [0.4, 0.5) is 0 Å². The van der Waals surface area contributed by atoms with Gasteiger partial charge < -0.3 is 14.2 Å². The van der Waals surface area contributed by atoms with Crippen LogP contribution in [0.25, 0.3) is 0 Å². The Labute approximate surface area is 392 Å². The first-order valence-corrected chi connectivity index (χ1v) is 28.2. The minimum atomic E-state index is -0.765. The quantitative estimate of drug-likeness (QED) is 0.0262. The van der Waals surface area contributed by atoms with Crippen molar-refractivity contribution in [3.63, 3.8) is 0 Å². The average Bonchev–Trinajstić information content (AvgIpc) is 3.28. The summed E-state index contributed by atoms with van der Waals surface area (Å²) in [6, 6.07) is 0. The van der Waals surface area contributed by atoms with E-state index in [4.69, 9.17) is 14.2 Å². The summed E-state index contributed by atoms with van der Waals surface area (Å²) < 4.78 is 16.8. The van der Waals surface area contributed by atoms with Gasteiger partial charge in [0.25, 0.3) is 0 Å². The fourth-order valence-electron chi connectivity index (χ4n) is 8.50. The number of ether oxygens (including phenoxy) is 3. The lowest BCUT2D eigenvalue weighted by atomic mass is 10.0. The van der Waals surface area contributed by atoms with Crippen LogP contribution >= 0.6 is 0 Å². The molecule has 0 aromatic rings. The summed E-state index contributed by atoms with van der Waals surface area (Å²) >= 11 is 0. The Hall–Kier alpha value is -1.85. The number of esters is 3. The van der Waals surface area contributed by atoms with Crippen molar-refractivity contribution >= 4 is 17.9 Å².